The second kappa shape index (κ2) is 9.28. The lowest BCUT2D eigenvalue weighted by Crippen LogP contribution is -2.50. The van der Waals surface area contributed by atoms with Gasteiger partial charge in [0.1, 0.15) is 6.04 Å². The molecule has 0 spiro atoms. The molecule has 3 rings (SSSR count). The summed E-state index contributed by atoms with van der Waals surface area (Å²) < 4.78 is 0. The van der Waals surface area contributed by atoms with E-state index in [-0.39, 0.29) is 17.9 Å². The Balaban J connectivity index is 1.65. The van der Waals surface area contributed by atoms with E-state index < -0.39 is 6.04 Å². The average molecular weight is 393 g/mol. The Labute approximate surface area is 171 Å². The molecule has 1 aromatic heterocycles. The van der Waals surface area contributed by atoms with Crippen molar-refractivity contribution < 1.29 is 9.59 Å². The van der Waals surface area contributed by atoms with Gasteiger partial charge in [-0.2, -0.15) is 0 Å². The van der Waals surface area contributed by atoms with Gasteiger partial charge in [0.2, 0.25) is 11.8 Å². The Hall–Kier alpha value is -3.28. The molecule has 0 bridgehead atoms. The van der Waals surface area contributed by atoms with Crippen molar-refractivity contribution in [2.75, 3.05) is 18.5 Å². The van der Waals surface area contributed by atoms with Gasteiger partial charge in [-0.1, -0.05) is 36.4 Å². The first kappa shape index (κ1) is 20.5. The molecule has 0 radical (unpaired) electrons. The molecule has 2 aromatic carbocycles. The number of benzene rings is 2. The fourth-order valence-corrected chi connectivity index (χ4v) is 3.40. The third-order valence-corrected chi connectivity index (χ3v) is 5.19. The smallest absolute Gasteiger partial charge is 0.242 e. The molecule has 3 aromatic rings. The van der Waals surface area contributed by atoms with Gasteiger partial charge in [-0.3, -0.25) is 9.59 Å². The van der Waals surface area contributed by atoms with Crippen LogP contribution in [0.15, 0.2) is 60.8 Å². The van der Waals surface area contributed by atoms with Gasteiger partial charge in [0.05, 0.1) is 0 Å². The first-order valence-corrected chi connectivity index (χ1v) is 9.83. The summed E-state index contributed by atoms with van der Waals surface area (Å²) in [6.45, 7) is 3.97. The molecule has 0 fully saturated rings. The Kier molecular flexibility index (Phi) is 6.54. The topological polar surface area (TPSA) is 77.2 Å². The van der Waals surface area contributed by atoms with Gasteiger partial charge in [0, 0.05) is 55.8 Å². The number of carbonyl (C=O) groups excluding carboxylic acids is 2. The minimum absolute atomic E-state index is 0.104. The zero-order valence-electron chi connectivity index (χ0n) is 17.1. The van der Waals surface area contributed by atoms with E-state index in [2.05, 4.69) is 27.4 Å². The van der Waals surface area contributed by atoms with E-state index in [1.54, 1.807) is 0 Å². The Morgan fingerprint density at radius 2 is 1.76 bits per heavy atom. The van der Waals surface area contributed by atoms with E-state index in [9.17, 15) is 9.59 Å². The largest absolute Gasteiger partial charge is 0.370 e. The Morgan fingerprint density at radius 3 is 2.48 bits per heavy atom. The maximum absolute atomic E-state index is 12.9. The summed E-state index contributed by atoms with van der Waals surface area (Å²) >= 11 is 0. The Morgan fingerprint density at radius 1 is 1.07 bits per heavy atom. The number of anilines is 1. The highest BCUT2D eigenvalue weighted by Crippen LogP contribution is 2.19. The number of hydrogen-bond acceptors (Lipinski definition) is 3. The van der Waals surface area contributed by atoms with Gasteiger partial charge in [0.15, 0.2) is 0 Å². The number of aromatic nitrogens is 1. The molecule has 0 saturated heterocycles. The van der Waals surface area contributed by atoms with Gasteiger partial charge < -0.3 is 20.5 Å². The monoisotopic (exact) mass is 392 g/mol. The van der Waals surface area contributed by atoms with Crippen molar-refractivity contribution in [2.24, 2.45) is 0 Å². The molecule has 0 aliphatic heterocycles. The molecule has 2 amide bonds. The molecule has 0 aliphatic carbocycles. The van der Waals surface area contributed by atoms with Crippen LogP contribution in [0.1, 0.15) is 19.4 Å². The number of rotatable bonds is 8. The molecule has 3 N–H and O–H groups in total. The number of aromatic amines is 1. The highest BCUT2D eigenvalue weighted by atomic mass is 16.2. The second-order valence-corrected chi connectivity index (χ2v) is 7.36. The molecular weight excluding hydrogens is 364 g/mol. The van der Waals surface area contributed by atoms with E-state index >= 15 is 0 Å². The van der Waals surface area contributed by atoms with Crippen LogP contribution >= 0.6 is 0 Å². The highest BCUT2D eigenvalue weighted by molar-refractivity contribution is 5.89. The molecule has 6 heteroatoms. The zero-order chi connectivity index (χ0) is 20.8. The first-order valence-electron chi connectivity index (χ1n) is 9.83. The number of nitrogens with one attached hydrogen (secondary N) is 3. The number of likely N-dealkylation sites (N-methyl/N-ethyl adjacent to an activating group) is 1. The molecule has 1 heterocycles. The van der Waals surface area contributed by atoms with Crippen LogP contribution in [-0.2, 0) is 16.0 Å². The predicted octanol–water partition coefficient (Wildman–Crippen LogP) is 2.86. The zero-order valence-corrected chi connectivity index (χ0v) is 17.1. The number of nitrogens with zero attached hydrogens (tertiary/aromatic N) is 1. The van der Waals surface area contributed by atoms with Crippen LogP contribution in [0.2, 0.25) is 0 Å². The lowest BCUT2D eigenvalue weighted by atomic mass is 10.0. The summed E-state index contributed by atoms with van der Waals surface area (Å²) in [4.78, 5) is 29.9. The second-order valence-electron chi connectivity index (χ2n) is 7.36. The first-order chi connectivity index (χ1) is 14.0. The van der Waals surface area contributed by atoms with Gasteiger partial charge in [0.25, 0.3) is 0 Å². The van der Waals surface area contributed by atoms with Crippen molar-refractivity contribution in [3.63, 3.8) is 0 Å². The number of H-pyrrole nitrogens is 1. The lowest BCUT2D eigenvalue weighted by molar-refractivity contribution is -0.128. The summed E-state index contributed by atoms with van der Waals surface area (Å²) in [5.74, 6) is -0.404. The van der Waals surface area contributed by atoms with E-state index in [1.807, 2.05) is 67.8 Å². The van der Waals surface area contributed by atoms with Crippen molar-refractivity contribution in [1.82, 2.24) is 15.6 Å². The van der Waals surface area contributed by atoms with Crippen LogP contribution in [-0.4, -0.2) is 42.5 Å². The predicted molar refractivity (Wildman–Crippen MR) is 117 cm³/mol. The standard InChI is InChI=1S/C23H28N4O2/c1-16(27(3)19-9-5-4-6-10-19)14-25-23(29)22(26-17(2)28)13-18-15-24-21-12-8-7-11-20(18)21/h4-12,15-16,22,24H,13-14H2,1-3H3,(H,25,29)(H,26,28). The summed E-state index contributed by atoms with van der Waals surface area (Å²) in [6, 6.07) is 17.5. The van der Waals surface area contributed by atoms with Crippen LogP contribution < -0.4 is 15.5 Å². The third-order valence-electron chi connectivity index (χ3n) is 5.19. The van der Waals surface area contributed by atoms with Crippen LogP contribution in [0, 0.1) is 0 Å². The third kappa shape index (κ3) is 5.16. The number of hydrogen-bond donors (Lipinski definition) is 3. The molecule has 2 unspecified atom stereocenters. The summed E-state index contributed by atoms with van der Waals surface area (Å²) in [5, 5.41) is 6.85. The van der Waals surface area contributed by atoms with Crippen molar-refractivity contribution >= 4 is 28.4 Å². The molecule has 29 heavy (non-hydrogen) atoms. The fraction of sp³-hybridized carbons (Fsp3) is 0.304. The molecule has 6 nitrogen and oxygen atoms in total. The maximum Gasteiger partial charge on any atom is 0.242 e. The average Bonchev–Trinajstić information content (AvgIpc) is 3.14. The van der Waals surface area contributed by atoms with Crippen molar-refractivity contribution in [3.8, 4) is 0 Å². The summed E-state index contributed by atoms with van der Waals surface area (Å²) in [7, 11) is 2.00. The number of amides is 2. The van der Waals surface area contributed by atoms with Gasteiger partial charge in [-0.15, -0.1) is 0 Å². The number of carbonyl (C=O) groups is 2. The number of fused-ring (bicyclic) bond motifs is 1. The van der Waals surface area contributed by atoms with E-state index in [1.165, 1.54) is 6.92 Å². The highest BCUT2D eigenvalue weighted by Gasteiger charge is 2.22. The van der Waals surface area contributed by atoms with Gasteiger partial charge >= 0.3 is 0 Å². The summed E-state index contributed by atoms with van der Waals surface area (Å²) in [6.07, 6.45) is 2.33. The van der Waals surface area contributed by atoms with E-state index in [0.717, 1.165) is 22.2 Å². The van der Waals surface area contributed by atoms with Crippen LogP contribution in [0.3, 0.4) is 0 Å². The van der Waals surface area contributed by atoms with E-state index in [0.29, 0.717) is 13.0 Å². The minimum atomic E-state index is -0.624. The number of para-hydroxylation sites is 2. The molecule has 0 saturated carbocycles. The van der Waals surface area contributed by atoms with Crippen molar-refractivity contribution in [1.29, 1.82) is 0 Å². The van der Waals surface area contributed by atoms with Gasteiger partial charge in [-0.05, 0) is 30.7 Å². The van der Waals surface area contributed by atoms with Gasteiger partial charge in [-0.25, -0.2) is 0 Å². The van der Waals surface area contributed by atoms with Crippen LogP contribution in [0.25, 0.3) is 10.9 Å². The van der Waals surface area contributed by atoms with Crippen LogP contribution in [0.4, 0.5) is 5.69 Å². The molecular formula is C23H28N4O2. The van der Waals surface area contributed by atoms with Crippen LogP contribution in [0.5, 0.6) is 0 Å². The lowest BCUT2D eigenvalue weighted by Gasteiger charge is -2.28. The van der Waals surface area contributed by atoms with Crippen molar-refractivity contribution in [2.45, 2.75) is 32.4 Å². The SMILES string of the molecule is CC(=O)NC(Cc1c[nH]c2ccccc12)C(=O)NCC(C)N(C)c1ccccc1. The van der Waals surface area contributed by atoms with E-state index in [4.69, 9.17) is 0 Å². The molecule has 0 aliphatic rings. The molecule has 152 valence electrons. The quantitative estimate of drug-likeness (QED) is 0.552. The Bertz CT molecular complexity index is 967. The fourth-order valence-electron chi connectivity index (χ4n) is 3.40. The normalized spacial score (nSPS) is 12.9. The van der Waals surface area contributed by atoms with Crippen molar-refractivity contribution in [3.05, 3.63) is 66.4 Å². The summed E-state index contributed by atoms with van der Waals surface area (Å²) in [5.41, 5.74) is 3.11. The molecule has 2 atom stereocenters. The maximum atomic E-state index is 12.9. The minimum Gasteiger partial charge on any atom is -0.370 e.